The highest BCUT2D eigenvalue weighted by Gasteiger charge is 2.18. The number of carbonyl (C=O) groups excluding carboxylic acids is 1. The first kappa shape index (κ1) is 23.3. The summed E-state index contributed by atoms with van der Waals surface area (Å²) in [6.45, 7) is 0.892. The van der Waals surface area contributed by atoms with Gasteiger partial charge in [-0.15, -0.1) is 35.0 Å². The number of para-hydroxylation sites is 1. The zero-order chi connectivity index (χ0) is 17.8. The van der Waals surface area contributed by atoms with Gasteiger partial charge in [-0.05, 0) is 32.1 Å². The number of nitrogens with two attached hydrogens (primary N) is 1. The molecule has 2 aromatic heterocycles. The topological polar surface area (TPSA) is 99.9 Å². The third-order valence-electron chi connectivity index (χ3n) is 3.92. The van der Waals surface area contributed by atoms with Crippen molar-refractivity contribution < 1.29 is 4.79 Å². The quantitative estimate of drug-likeness (QED) is 0.534. The number of benzene rings is 1. The van der Waals surface area contributed by atoms with Crippen LogP contribution < -0.4 is 11.1 Å². The zero-order valence-electron chi connectivity index (χ0n) is 15.1. The molecular weight excluding hydrogens is 407 g/mol. The number of nitrogens with zero attached hydrogens (tertiary/aromatic N) is 3. The van der Waals surface area contributed by atoms with Gasteiger partial charge in [0.2, 0.25) is 11.0 Å². The SMILES string of the molecule is CN(C)CCc1nnc(NC(=O)[C@@H](N)Cc2c[nH]c3ccccc23)s1.Cl.Cl. The minimum atomic E-state index is -0.645. The molecule has 0 aliphatic rings. The first-order chi connectivity index (χ1) is 12.0. The Bertz CT molecular complexity index is 866. The Balaban J connectivity index is 0.00000182. The van der Waals surface area contributed by atoms with Crippen LogP contribution in [0.1, 0.15) is 10.6 Å². The van der Waals surface area contributed by atoms with Crippen LogP contribution in [-0.2, 0) is 17.6 Å². The number of fused-ring (bicyclic) bond motifs is 1. The van der Waals surface area contributed by atoms with E-state index in [4.69, 9.17) is 5.73 Å². The van der Waals surface area contributed by atoms with E-state index in [1.54, 1.807) is 0 Å². The predicted molar refractivity (Wildman–Crippen MR) is 115 cm³/mol. The van der Waals surface area contributed by atoms with Gasteiger partial charge in [0, 0.05) is 30.1 Å². The molecule has 3 rings (SSSR count). The minimum absolute atomic E-state index is 0. The van der Waals surface area contributed by atoms with Crippen LogP contribution in [0.3, 0.4) is 0 Å². The summed E-state index contributed by atoms with van der Waals surface area (Å²) in [5.74, 6) is -0.249. The lowest BCUT2D eigenvalue weighted by Gasteiger charge is -2.10. The van der Waals surface area contributed by atoms with Crippen molar-refractivity contribution in [1.29, 1.82) is 0 Å². The molecule has 0 radical (unpaired) electrons. The number of amides is 1. The fraction of sp³-hybridized carbons (Fsp3) is 0.353. The fourth-order valence-electron chi connectivity index (χ4n) is 2.55. The molecule has 7 nitrogen and oxygen atoms in total. The molecular formula is C17H24Cl2N6OS. The van der Waals surface area contributed by atoms with Crippen LogP contribution >= 0.6 is 36.2 Å². The summed E-state index contributed by atoms with van der Waals surface area (Å²) in [4.78, 5) is 17.6. The number of H-pyrrole nitrogens is 1. The predicted octanol–water partition coefficient (Wildman–Crippen LogP) is 2.48. The monoisotopic (exact) mass is 430 g/mol. The molecule has 0 bridgehead atoms. The highest BCUT2D eigenvalue weighted by molar-refractivity contribution is 7.15. The molecule has 0 saturated carbocycles. The van der Waals surface area contributed by atoms with Crippen LogP contribution in [0, 0.1) is 0 Å². The van der Waals surface area contributed by atoms with Crippen molar-refractivity contribution in [3.05, 3.63) is 41.0 Å². The summed E-state index contributed by atoms with van der Waals surface area (Å²) in [6, 6.07) is 7.32. The maximum absolute atomic E-state index is 12.3. The number of hydrogen-bond donors (Lipinski definition) is 3. The molecule has 0 fully saturated rings. The second kappa shape index (κ2) is 10.6. The summed E-state index contributed by atoms with van der Waals surface area (Å²) >= 11 is 1.39. The largest absolute Gasteiger partial charge is 0.361 e. The van der Waals surface area contributed by atoms with E-state index in [2.05, 4.69) is 25.4 Å². The molecule has 2 heterocycles. The summed E-state index contributed by atoms with van der Waals surface area (Å²) in [6.07, 6.45) is 3.17. The van der Waals surface area contributed by atoms with Crippen molar-refractivity contribution in [2.45, 2.75) is 18.9 Å². The van der Waals surface area contributed by atoms with Gasteiger partial charge in [0.1, 0.15) is 5.01 Å². The van der Waals surface area contributed by atoms with Gasteiger partial charge in [-0.1, -0.05) is 29.5 Å². The van der Waals surface area contributed by atoms with E-state index in [1.165, 1.54) is 11.3 Å². The first-order valence-electron chi connectivity index (χ1n) is 8.11. The van der Waals surface area contributed by atoms with Crippen LogP contribution in [-0.4, -0.2) is 52.7 Å². The van der Waals surface area contributed by atoms with Gasteiger partial charge in [-0.3, -0.25) is 10.1 Å². The smallest absolute Gasteiger partial charge is 0.243 e. The van der Waals surface area contributed by atoms with Crippen molar-refractivity contribution in [1.82, 2.24) is 20.1 Å². The molecule has 10 heteroatoms. The van der Waals surface area contributed by atoms with E-state index >= 15 is 0 Å². The number of carbonyl (C=O) groups is 1. The maximum Gasteiger partial charge on any atom is 0.243 e. The Morgan fingerprint density at radius 3 is 2.78 bits per heavy atom. The Labute approximate surface area is 174 Å². The number of hydrogen-bond acceptors (Lipinski definition) is 6. The highest BCUT2D eigenvalue weighted by atomic mass is 35.5. The van der Waals surface area contributed by atoms with E-state index in [0.29, 0.717) is 11.6 Å². The summed E-state index contributed by atoms with van der Waals surface area (Å²) in [5, 5.41) is 13.4. The molecule has 1 aromatic carbocycles. The molecule has 3 aromatic rings. The van der Waals surface area contributed by atoms with Gasteiger partial charge < -0.3 is 15.6 Å². The van der Waals surface area contributed by atoms with Crippen LogP contribution in [0.5, 0.6) is 0 Å². The van der Waals surface area contributed by atoms with Gasteiger partial charge in [-0.25, -0.2) is 0 Å². The standard InChI is InChI=1S/C17H22N6OS.2ClH/c1-23(2)8-7-15-21-22-17(25-15)20-16(24)13(18)9-11-10-19-14-6-4-3-5-12(11)14;;/h3-6,10,13,19H,7-9,18H2,1-2H3,(H,20,22,24);2*1H/t13-;;/m0../s1. The molecule has 0 spiro atoms. The molecule has 0 saturated heterocycles. The van der Waals surface area contributed by atoms with Gasteiger partial charge in [-0.2, -0.15) is 0 Å². The Kier molecular flexibility index (Phi) is 9.14. The van der Waals surface area contributed by atoms with Gasteiger partial charge in [0.25, 0.3) is 0 Å². The molecule has 0 unspecified atom stereocenters. The lowest BCUT2D eigenvalue weighted by Crippen LogP contribution is -2.37. The van der Waals surface area contributed by atoms with Crippen LogP contribution in [0.4, 0.5) is 5.13 Å². The van der Waals surface area contributed by atoms with E-state index in [-0.39, 0.29) is 30.7 Å². The number of nitrogens with one attached hydrogen (secondary N) is 2. The number of aromatic nitrogens is 3. The maximum atomic E-state index is 12.3. The lowest BCUT2D eigenvalue weighted by molar-refractivity contribution is -0.117. The first-order valence-corrected chi connectivity index (χ1v) is 8.93. The molecule has 1 atom stereocenters. The Hall–Kier alpha value is -1.71. The summed E-state index contributed by atoms with van der Waals surface area (Å²) in [7, 11) is 4.01. The molecule has 0 aliphatic carbocycles. The highest BCUT2D eigenvalue weighted by Crippen LogP contribution is 2.20. The molecule has 4 N–H and O–H groups in total. The number of aromatic amines is 1. The average Bonchev–Trinajstić information content (AvgIpc) is 3.20. The molecule has 0 aliphatic heterocycles. The van der Waals surface area contributed by atoms with E-state index in [9.17, 15) is 4.79 Å². The van der Waals surface area contributed by atoms with Gasteiger partial charge in [0.15, 0.2) is 0 Å². The zero-order valence-corrected chi connectivity index (χ0v) is 17.6. The molecule has 27 heavy (non-hydrogen) atoms. The van der Waals surface area contributed by atoms with Gasteiger partial charge >= 0.3 is 0 Å². The van der Waals surface area contributed by atoms with E-state index in [1.807, 2.05) is 44.6 Å². The van der Waals surface area contributed by atoms with E-state index in [0.717, 1.165) is 34.4 Å². The van der Waals surface area contributed by atoms with Crippen molar-refractivity contribution in [2.75, 3.05) is 26.0 Å². The van der Waals surface area contributed by atoms with Crippen LogP contribution in [0.25, 0.3) is 10.9 Å². The molecule has 148 valence electrons. The number of halogens is 2. The Morgan fingerprint density at radius 1 is 1.30 bits per heavy atom. The number of rotatable bonds is 7. The second-order valence-corrected chi connectivity index (χ2v) is 7.28. The normalized spacial score (nSPS) is 11.7. The van der Waals surface area contributed by atoms with Crippen molar-refractivity contribution in [3.63, 3.8) is 0 Å². The number of anilines is 1. The van der Waals surface area contributed by atoms with Crippen LogP contribution in [0.2, 0.25) is 0 Å². The minimum Gasteiger partial charge on any atom is -0.361 e. The lowest BCUT2D eigenvalue weighted by atomic mass is 10.1. The number of likely N-dealkylation sites (N-methyl/N-ethyl adjacent to an activating group) is 1. The van der Waals surface area contributed by atoms with Crippen molar-refractivity contribution >= 4 is 58.1 Å². The van der Waals surface area contributed by atoms with E-state index < -0.39 is 6.04 Å². The van der Waals surface area contributed by atoms with Gasteiger partial charge in [0.05, 0.1) is 6.04 Å². The van der Waals surface area contributed by atoms with Crippen molar-refractivity contribution in [2.24, 2.45) is 5.73 Å². The summed E-state index contributed by atoms with van der Waals surface area (Å²) in [5.41, 5.74) is 8.15. The second-order valence-electron chi connectivity index (χ2n) is 6.21. The third kappa shape index (κ3) is 6.15. The average molecular weight is 431 g/mol. The van der Waals surface area contributed by atoms with Crippen LogP contribution in [0.15, 0.2) is 30.5 Å². The summed E-state index contributed by atoms with van der Waals surface area (Å²) < 4.78 is 0. The van der Waals surface area contributed by atoms with Crippen molar-refractivity contribution in [3.8, 4) is 0 Å². The fourth-order valence-corrected chi connectivity index (χ4v) is 3.28. The Morgan fingerprint density at radius 2 is 2.04 bits per heavy atom. The third-order valence-corrected chi connectivity index (χ3v) is 4.82. The molecule has 1 amide bonds.